The van der Waals surface area contributed by atoms with Crippen molar-refractivity contribution >= 4 is 5.91 Å². The summed E-state index contributed by atoms with van der Waals surface area (Å²) in [7, 11) is 0. The molecule has 7 heteroatoms. The maximum atomic E-state index is 11.7. The normalized spacial score (nSPS) is 15.1. The van der Waals surface area contributed by atoms with E-state index in [9.17, 15) is 18.0 Å². The Morgan fingerprint density at radius 1 is 1.43 bits per heavy atom. The summed E-state index contributed by atoms with van der Waals surface area (Å²) in [4.78, 5) is 10.4. The number of amides is 1. The minimum absolute atomic E-state index is 1.18. The van der Waals surface area contributed by atoms with Crippen molar-refractivity contribution in [2.24, 2.45) is 0 Å². The van der Waals surface area contributed by atoms with Crippen LogP contribution in [0, 0.1) is 0 Å². The van der Waals surface area contributed by atoms with Gasteiger partial charge in [0.1, 0.15) is 6.23 Å². The van der Waals surface area contributed by atoms with Crippen LogP contribution in [0.5, 0.6) is 0 Å². The van der Waals surface area contributed by atoms with Gasteiger partial charge >= 0.3 is 12.1 Å². The quantitative estimate of drug-likeness (QED) is 0.683. The van der Waals surface area contributed by atoms with Gasteiger partial charge < -0.3 is 15.2 Å². The lowest BCUT2D eigenvalue weighted by Gasteiger charge is -2.24. The van der Waals surface area contributed by atoms with E-state index < -0.39 is 24.1 Å². The summed E-state index contributed by atoms with van der Waals surface area (Å²) in [6.07, 6.45) is -6.17. The summed E-state index contributed by atoms with van der Waals surface area (Å²) in [6.45, 7) is 3.66. The molecule has 0 heterocycles. The Morgan fingerprint density at radius 3 is 2.14 bits per heavy atom. The van der Waals surface area contributed by atoms with Crippen LogP contribution in [0.2, 0.25) is 0 Å². The van der Waals surface area contributed by atoms with Gasteiger partial charge in [-0.25, -0.2) is 0 Å². The summed E-state index contributed by atoms with van der Waals surface area (Å²) in [5.41, 5.74) is 0. The molecule has 0 bridgehead atoms. The monoisotopic (exact) mass is 215 g/mol. The summed E-state index contributed by atoms with van der Waals surface area (Å²) >= 11 is 0. The lowest BCUT2D eigenvalue weighted by atomic mass is 10.4. The summed E-state index contributed by atoms with van der Waals surface area (Å²) in [5, 5.41) is 10.6. The average Bonchev–Trinajstić information content (AvgIpc) is 1.79. The average molecular weight is 215 g/mol. The van der Waals surface area contributed by atoms with Crippen molar-refractivity contribution in [2.45, 2.75) is 39.0 Å². The molecule has 0 saturated heterocycles. The molecule has 0 saturated carbocycles. The number of hydrogen-bond acceptors (Lipinski definition) is 3. The number of carbonyl (C=O) groups is 1. The highest BCUT2D eigenvalue weighted by atomic mass is 19.4. The third kappa shape index (κ3) is 5.76. The van der Waals surface area contributed by atoms with Crippen LogP contribution in [0.3, 0.4) is 0 Å². The smallest absolute Gasteiger partial charge is 0.366 e. The van der Waals surface area contributed by atoms with Crippen molar-refractivity contribution in [3.63, 3.8) is 0 Å². The van der Waals surface area contributed by atoms with Gasteiger partial charge in [-0.15, -0.1) is 0 Å². The van der Waals surface area contributed by atoms with Crippen LogP contribution >= 0.6 is 0 Å². The highest BCUT2D eigenvalue weighted by Crippen LogP contribution is 2.15. The number of alkyl halides is 3. The molecule has 84 valence electrons. The van der Waals surface area contributed by atoms with Crippen molar-refractivity contribution in [1.82, 2.24) is 5.32 Å². The highest BCUT2D eigenvalue weighted by Gasteiger charge is 2.39. The molecule has 0 aliphatic rings. The van der Waals surface area contributed by atoms with E-state index in [2.05, 4.69) is 4.74 Å². The molecule has 0 radical (unpaired) electrons. The van der Waals surface area contributed by atoms with E-state index in [-0.39, 0.29) is 0 Å². The van der Waals surface area contributed by atoms with E-state index in [0.717, 1.165) is 0 Å². The van der Waals surface area contributed by atoms with Gasteiger partial charge in [0.25, 0.3) is 0 Å². The number of halogens is 3. The summed E-state index contributed by atoms with van der Waals surface area (Å²) in [6, 6.07) is 0. The van der Waals surface area contributed by atoms with Crippen molar-refractivity contribution in [3.05, 3.63) is 0 Å². The number of carbonyl (C=O) groups excluding carboxylic acids is 1. The van der Waals surface area contributed by atoms with Gasteiger partial charge in [0, 0.05) is 0 Å². The van der Waals surface area contributed by atoms with Gasteiger partial charge in [-0.3, -0.25) is 4.79 Å². The second-order valence-corrected chi connectivity index (χ2v) is 3.18. The fourth-order valence-electron chi connectivity index (χ4n) is 0.729. The Balaban J connectivity index is 4.09. The molecule has 0 aliphatic carbocycles. The third-order valence-electron chi connectivity index (χ3n) is 1.06. The Morgan fingerprint density at radius 2 is 1.86 bits per heavy atom. The number of nitrogens with one attached hydrogen (secondary N) is 1. The van der Waals surface area contributed by atoms with Gasteiger partial charge in [0.15, 0.2) is 5.79 Å². The minimum Gasteiger partial charge on any atom is -0.366 e. The van der Waals surface area contributed by atoms with Crippen molar-refractivity contribution in [1.29, 1.82) is 0 Å². The van der Waals surface area contributed by atoms with Gasteiger partial charge in [0.05, 0.1) is 0 Å². The zero-order chi connectivity index (χ0) is 11.6. The Hall–Kier alpha value is -0.820. The molecule has 0 spiro atoms. The lowest BCUT2D eigenvalue weighted by molar-refractivity contribution is -0.215. The first-order valence-corrected chi connectivity index (χ1v) is 3.80. The van der Waals surface area contributed by atoms with Crippen LogP contribution in [0.1, 0.15) is 20.8 Å². The standard InChI is InChI=1S/C7H12F3NO3/c1-4(14-6(2,3)13)11-5(12)7(8,9)10/h4,13H,1-3H3,(H,11,12). The van der Waals surface area contributed by atoms with Crippen LogP contribution in [0.25, 0.3) is 0 Å². The number of hydrogen-bond donors (Lipinski definition) is 2. The molecule has 0 aromatic carbocycles. The minimum atomic E-state index is -4.95. The first-order valence-electron chi connectivity index (χ1n) is 3.80. The second-order valence-electron chi connectivity index (χ2n) is 3.18. The molecule has 0 rings (SSSR count). The van der Waals surface area contributed by atoms with E-state index >= 15 is 0 Å². The third-order valence-corrected chi connectivity index (χ3v) is 1.06. The van der Waals surface area contributed by atoms with Crippen LogP contribution in [-0.2, 0) is 9.53 Å². The van der Waals surface area contributed by atoms with E-state index in [4.69, 9.17) is 5.11 Å². The Labute approximate surface area is 79.0 Å². The number of rotatable bonds is 3. The predicted molar refractivity (Wildman–Crippen MR) is 41.0 cm³/mol. The van der Waals surface area contributed by atoms with E-state index in [0.29, 0.717) is 0 Å². The molecule has 0 fully saturated rings. The largest absolute Gasteiger partial charge is 0.471 e. The summed E-state index contributed by atoms with van der Waals surface area (Å²) < 4.78 is 39.8. The maximum absolute atomic E-state index is 11.7. The summed E-state index contributed by atoms with van der Waals surface area (Å²) in [5.74, 6) is -3.70. The molecule has 1 unspecified atom stereocenters. The Kier molecular flexibility index (Phi) is 3.90. The molecule has 0 aromatic rings. The van der Waals surface area contributed by atoms with Crippen molar-refractivity contribution < 1.29 is 27.8 Å². The van der Waals surface area contributed by atoms with Crippen molar-refractivity contribution in [3.8, 4) is 0 Å². The first kappa shape index (κ1) is 13.2. The fraction of sp³-hybridized carbons (Fsp3) is 0.857. The van der Waals surface area contributed by atoms with Crippen LogP contribution < -0.4 is 5.32 Å². The maximum Gasteiger partial charge on any atom is 0.471 e. The van der Waals surface area contributed by atoms with Crippen LogP contribution in [-0.4, -0.2) is 29.2 Å². The topological polar surface area (TPSA) is 58.6 Å². The molecule has 1 amide bonds. The zero-order valence-electron chi connectivity index (χ0n) is 7.97. The SMILES string of the molecule is CC(NC(=O)C(F)(F)F)OC(C)(C)O. The molecule has 1 atom stereocenters. The predicted octanol–water partition coefficient (Wildman–Crippen LogP) is 0.756. The van der Waals surface area contributed by atoms with E-state index in [1.807, 2.05) is 0 Å². The van der Waals surface area contributed by atoms with Gasteiger partial charge in [-0.2, -0.15) is 13.2 Å². The van der Waals surface area contributed by atoms with E-state index in [1.54, 1.807) is 0 Å². The molecule has 0 aromatic heterocycles. The van der Waals surface area contributed by atoms with Crippen LogP contribution in [0.15, 0.2) is 0 Å². The molecular weight excluding hydrogens is 203 g/mol. The lowest BCUT2D eigenvalue weighted by Crippen LogP contribution is -2.46. The number of aliphatic hydroxyl groups is 1. The molecular formula is C7H12F3NO3. The van der Waals surface area contributed by atoms with Gasteiger partial charge in [0.2, 0.25) is 0 Å². The fourth-order valence-corrected chi connectivity index (χ4v) is 0.729. The zero-order valence-corrected chi connectivity index (χ0v) is 7.97. The van der Waals surface area contributed by atoms with E-state index in [1.165, 1.54) is 26.1 Å². The Bertz CT molecular complexity index is 209. The highest BCUT2D eigenvalue weighted by molar-refractivity contribution is 5.81. The number of ether oxygens (including phenoxy) is 1. The molecule has 2 N–H and O–H groups in total. The van der Waals surface area contributed by atoms with Crippen molar-refractivity contribution in [2.75, 3.05) is 0 Å². The molecule has 4 nitrogen and oxygen atoms in total. The van der Waals surface area contributed by atoms with Gasteiger partial charge in [-0.1, -0.05) is 0 Å². The van der Waals surface area contributed by atoms with Gasteiger partial charge in [-0.05, 0) is 20.8 Å². The molecule has 14 heavy (non-hydrogen) atoms. The second kappa shape index (κ2) is 4.14. The first-order chi connectivity index (χ1) is 6.02. The van der Waals surface area contributed by atoms with Crippen LogP contribution in [0.4, 0.5) is 13.2 Å². The molecule has 0 aliphatic heterocycles.